The quantitative estimate of drug-likeness (QED) is 0.340. The highest BCUT2D eigenvalue weighted by Gasteiger charge is 2.37. The first-order valence-corrected chi connectivity index (χ1v) is 11.4. The molecule has 0 unspecified atom stereocenters. The van der Waals surface area contributed by atoms with Crippen LogP contribution in [0.4, 0.5) is 11.6 Å². The van der Waals surface area contributed by atoms with E-state index in [1.54, 1.807) is 28.6 Å². The van der Waals surface area contributed by atoms with Crippen LogP contribution in [0.15, 0.2) is 65.0 Å². The van der Waals surface area contributed by atoms with E-state index in [0.29, 0.717) is 23.1 Å². The second-order valence-electron chi connectivity index (χ2n) is 7.92. The first-order valence-electron chi connectivity index (χ1n) is 10.4. The maximum absolute atomic E-state index is 12.9. The molecule has 1 N–H and O–H groups in total. The molecule has 1 atom stereocenters. The molecule has 0 bridgehead atoms. The summed E-state index contributed by atoms with van der Waals surface area (Å²) in [5, 5.41) is 19.7. The number of anilines is 1. The van der Waals surface area contributed by atoms with Crippen LogP contribution in [0, 0.1) is 17.0 Å². The van der Waals surface area contributed by atoms with Crippen LogP contribution in [0.3, 0.4) is 0 Å². The highest BCUT2D eigenvalue weighted by atomic mass is 32.2. The van der Waals surface area contributed by atoms with Crippen molar-refractivity contribution in [1.82, 2.24) is 14.8 Å². The maximum Gasteiger partial charge on any atom is 0.269 e. The van der Waals surface area contributed by atoms with E-state index in [-0.39, 0.29) is 11.5 Å². The Morgan fingerprint density at radius 2 is 1.97 bits per heavy atom. The molecule has 2 heterocycles. The molecular formula is C23H21N5O3S. The van der Waals surface area contributed by atoms with Gasteiger partial charge >= 0.3 is 0 Å². The number of hydrogen-bond donors (Lipinski definition) is 1. The van der Waals surface area contributed by atoms with Gasteiger partial charge in [0.25, 0.3) is 5.69 Å². The monoisotopic (exact) mass is 447 g/mol. The number of benzene rings is 2. The van der Waals surface area contributed by atoms with Gasteiger partial charge in [-0.1, -0.05) is 36.0 Å². The van der Waals surface area contributed by atoms with Gasteiger partial charge in [-0.15, -0.1) is 5.10 Å². The topological polar surface area (TPSA) is 103 Å². The van der Waals surface area contributed by atoms with Gasteiger partial charge in [-0.3, -0.25) is 14.9 Å². The molecule has 0 saturated heterocycles. The van der Waals surface area contributed by atoms with E-state index in [4.69, 9.17) is 5.10 Å². The van der Waals surface area contributed by atoms with Gasteiger partial charge in [-0.2, -0.15) is 4.98 Å². The van der Waals surface area contributed by atoms with Crippen LogP contribution in [-0.4, -0.2) is 25.5 Å². The number of aromatic nitrogens is 3. The smallest absolute Gasteiger partial charge is 0.269 e. The van der Waals surface area contributed by atoms with Crippen molar-refractivity contribution in [3.63, 3.8) is 0 Å². The molecule has 9 heteroatoms. The lowest BCUT2D eigenvalue weighted by Crippen LogP contribution is -2.31. The summed E-state index contributed by atoms with van der Waals surface area (Å²) in [5.74, 6) is 1.41. The van der Waals surface area contributed by atoms with Gasteiger partial charge in [0.1, 0.15) is 6.04 Å². The van der Waals surface area contributed by atoms with Gasteiger partial charge < -0.3 is 5.32 Å². The van der Waals surface area contributed by atoms with Crippen molar-refractivity contribution in [1.29, 1.82) is 0 Å². The van der Waals surface area contributed by atoms with Crippen LogP contribution in [0.2, 0.25) is 0 Å². The number of rotatable bonds is 5. The van der Waals surface area contributed by atoms with Crippen molar-refractivity contribution >= 4 is 29.2 Å². The van der Waals surface area contributed by atoms with Crippen molar-refractivity contribution in [3.05, 3.63) is 86.6 Å². The molecule has 0 amide bonds. The summed E-state index contributed by atoms with van der Waals surface area (Å²) in [6, 6.07) is 14.1. The van der Waals surface area contributed by atoms with E-state index in [2.05, 4.69) is 29.4 Å². The third kappa shape index (κ3) is 3.69. The minimum atomic E-state index is -0.449. The van der Waals surface area contributed by atoms with E-state index >= 15 is 0 Å². The molecule has 1 aliphatic carbocycles. The van der Waals surface area contributed by atoms with Crippen molar-refractivity contribution in [2.24, 2.45) is 0 Å². The maximum atomic E-state index is 12.9. The number of nitro benzene ring substituents is 1. The van der Waals surface area contributed by atoms with E-state index < -0.39 is 11.0 Å². The summed E-state index contributed by atoms with van der Waals surface area (Å²) in [6.45, 7) is 2.08. The fraction of sp³-hybridized carbons (Fsp3) is 0.261. The summed E-state index contributed by atoms with van der Waals surface area (Å²) >= 11 is 1.54. The second-order valence-corrected chi connectivity index (χ2v) is 8.87. The number of aryl methyl sites for hydroxylation is 1. The third-order valence-electron chi connectivity index (χ3n) is 5.89. The molecule has 5 rings (SSSR count). The van der Waals surface area contributed by atoms with Gasteiger partial charge in [0.15, 0.2) is 5.78 Å². The number of ketones is 1. The normalized spacial score (nSPS) is 17.5. The number of thioether (sulfide) groups is 1. The Hall–Kier alpha value is -3.46. The number of Topliss-reactive ketones (excluding diaryl/α,β-unsaturated/α-hetero) is 1. The standard InChI is InChI=1S/C23H21N5O3S/c1-14-5-2-3-6-16(14)13-32-23-25-22-24-18-7-4-8-19(29)20(18)21(27(22)26-23)15-9-11-17(12-10-15)28(30)31/h2-3,5-6,9-12,21H,4,7-8,13H2,1H3,(H,24,25,26)/t21-/m0/s1. The molecule has 0 saturated carbocycles. The molecule has 162 valence electrons. The van der Waals surface area contributed by atoms with Crippen molar-refractivity contribution in [2.75, 3.05) is 5.32 Å². The summed E-state index contributed by atoms with van der Waals surface area (Å²) in [7, 11) is 0. The highest BCUT2D eigenvalue weighted by molar-refractivity contribution is 7.98. The van der Waals surface area contributed by atoms with Crippen LogP contribution in [0.1, 0.15) is 42.0 Å². The first kappa shape index (κ1) is 20.4. The number of nitro groups is 1. The largest absolute Gasteiger partial charge is 0.328 e. The van der Waals surface area contributed by atoms with Crippen LogP contribution in [-0.2, 0) is 10.5 Å². The predicted molar refractivity (Wildman–Crippen MR) is 122 cm³/mol. The Morgan fingerprint density at radius 1 is 1.19 bits per heavy atom. The van der Waals surface area contributed by atoms with Gasteiger partial charge in [-0.25, -0.2) is 4.68 Å². The Kier molecular flexibility index (Phi) is 5.26. The van der Waals surface area contributed by atoms with E-state index in [1.807, 2.05) is 12.1 Å². The summed E-state index contributed by atoms with van der Waals surface area (Å²) in [5.41, 5.74) is 4.78. The third-order valence-corrected chi connectivity index (χ3v) is 6.77. The predicted octanol–water partition coefficient (Wildman–Crippen LogP) is 4.81. The molecular weight excluding hydrogens is 426 g/mol. The van der Waals surface area contributed by atoms with Crippen molar-refractivity contribution in [3.8, 4) is 0 Å². The second kappa shape index (κ2) is 8.23. The first-order chi connectivity index (χ1) is 15.5. The Labute approximate surface area is 188 Å². The molecule has 1 aromatic heterocycles. The fourth-order valence-electron chi connectivity index (χ4n) is 4.20. The zero-order valence-corrected chi connectivity index (χ0v) is 18.3. The number of fused-ring (bicyclic) bond motifs is 1. The highest BCUT2D eigenvalue weighted by Crippen LogP contribution is 2.41. The molecule has 0 radical (unpaired) electrons. The number of nitrogens with one attached hydrogen (secondary N) is 1. The lowest BCUT2D eigenvalue weighted by atomic mass is 9.85. The zero-order chi connectivity index (χ0) is 22.2. The molecule has 3 aromatic rings. The van der Waals surface area contributed by atoms with E-state index in [0.717, 1.165) is 29.9 Å². The van der Waals surface area contributed by atoms with Crippen LogP contribution in [0.5, 0.6) is 0 Å². The average molecular weight is 448 g/mol. The van der Waals surface area contributed by atoms with Gasteiger partial charge in [0.05, 0.1) is 4.92 Å². The molecule has 0 fully saturated rings. The van der Waals surface area contributed by atoms with Crippen LogP contribution >= 0.6 is 11.8 Å². The minimum absolute atomic E-state index is 0.0140. The summed E-state index contributed by atoms with van der Waals surface area (Å²) in [4.78, 5) is 28.2. The van der Waals surface area contributed by atoms with Crippen LogP contribution in [0.25, 0.3) is 0 Å². The van der Waals surface area contributed by atoms with E-state index in [9.17, 15) is 14.9 Å². The zero-order valence-electron chi connectivity index (χ0n) is 17.4. The molecule has 8 nitrogen and oxygen atoms in total. The number of carbonyl (C=O) groups excluding carboxylic acids is 1. The molecule has 2 aliphatic rings. The Morgan fingerprint density at radius 3 is 2.72 bits per heavy atom. The van der Waals surface area contributed by atoms with Gasteiger partial charge in [-0.05, 0) is 48.6 Å². The fourth-order valence-corrected chi connectivity index (χ4v) is 5.10. The number of nitrogens with zero attached hydrogens (tertiary/aromatic N) is 4. The molecule has 32 heavy (non-hydrogen) atoms. The lowest BCUT2D eigenvalue weighted by molar-refractivity contribution is -0.384. The average Bonchev–Trinajstić information content (AvgIpc) is 3.20. The number of allylic oxidation sites excluding steroid dienone is 2. The van der Waals surface area contributed by atoms with Gasteiger partial charge in [0, 0.05) is 35.6 Å². The molecule has 2 aromatic carbocycles. The molecule has 1 aliphatic heterocycles. The minimum Gasteiger partial charge on any atom is -0.328 e. The van der Waals surface area contributed by atoms with Crippen molar-refractivity contribution < 1.29 is 9.72 Å². The Balaban J connectivity index is 1.51. The lowest BCUT2D eigenvalue weighted by Gasteiger charge is -2.32. The SMILES string of the molecule is Cc1ccccc1CSc1nc2n(n1)[C@@H](c1ccc([N+](=O)[O-])cc1)C1=C(CCCC1=O)N2. The molecule has 0 spiro atoms. The van der Waals surface area contributed by atoms with E-state index in [1.165, 1.54) is 23.3 Å². The van der Waals surface area contributed by atoms with Crippen molar-refractivity contribution in [2.45, 2.75) is 43.1 Å². The van der Waals surface area contributed by atoms with Crippen LogP contribution < -0.4 is 5.32 Å². The number of non-ortho nitro benzene ring substituents is 1. The summed E-state index contributed by atoms with van der Waals surface area (Å²) in [6.07, 6.45) is 2.05. The van der Waals surface area contributed by atoms with Gasteiger partial charge in [0.2, 0.25) is 11.1 Å². The summed E-state index contributed by atoms with van der Waals surface area (Å²) < 4.78 is 1.74. The Bertz CT molecular complexity index is 1250. The number of carbonyl (C=O) groups is 1. The number of hydrogen-bond acceptors (Lipinski definition) is 7.